The molecule has 2 N–H and O–H groups in total. The van der Waals surface area contributed by atoms with E-state index in [-0.39, 0.29) is 18.2 Å². The zero-order valence-corrected chi connectivity index (χ0v) is 11.8. The molecule has 1 aromatic carbocycles. The van der Waals surface area contributed by atoms with Gasteiger partial charge in [0.15, 0.2) is 5.96 Å². The minimum absolute atomic E-state index is 0.265. The molecule has 0 aliphatic carbocycles. The van der Waals surface area contributed by atoms with Gasteiger partial charge in [0.05, 0.1) is 20.1 Å². The number of nitrogens with one attached hydrogen (secondary N) is 2. The summed E-state index contributed by atoms with van der Waals surface area (Å²) in [6.45, 7) is 3.44. The highest BCUT2D eigenvalue weighted by Gasteiger charge is 2.02. The van der Waals surface area contributed by atoms with Crippen LogP contribution >= 0.6 is 0 Å². The van der Waals surface area contributed by atoms with E-state index in [1.54, 1.807) is 6.07 Å². The maximum Gasteiger partial charge on any atom is 0.307 e. The molecule has 0 aliphatic rings. The maximum absolute atomic E-state index is 13.0. The zero-order chi connectivity index (χ0) is 14.8. The van der Waals surface area contributed by atoms with Crippen LogP contribution in [0.15, 0.2) is 29.3 Å². The second-order valence-electron chi connectivity index (χ2n) is 4.08. The van der Waals surface area contributed by atoms with Crippen molar-refractivity contribution in [1.82, 2.24) is 10.6 Å². The van der Waals surface area contributed by atoms with Crippen molar-refractivity contribution in [3.05, 3.63) is 35.6 Å². The van der Waals surface area contributed by atoms with Gasteiger partial charge in [-0.15, -0.1) is 0 Å². The van der Waals surface area contributed by atoms with Crippen molar-refractivity contribution in [2.24, 2.45) is 4.99 Å². The van der Waals surface area contributed by atoms with Crippen molar-refractivity contribution in [3.8, 4) is 0 Å². The monoisotopic (exact) mass is 281 g/mol. The van der Waals surface area contributed by atoms with Crippen LogP contribution in [0.1, 0.15) is 18.9 Å². The first kappa shape index (κ1) is 15.9. The fraction of sp³-hybridized carbons (Fsp3) is 0.429. The smallest absolute Gasteiger partial charge is 0.307 e. The second kappa shape index (κ2) is 8.90. The van der Waals surface area contributed by atoms with E-state index in [4.69, 9.17) is 0 Å². The van der Waals surface area contributed by atoms with E-state index in [0.29, 0.717) is 25.6 Å². The summed E-state index contributed by atoms with van der Waals surface area (Å²) in [6.07, 6.45) is 0.265. The minimum atomic E-state index is -0.279. The first-order valence-corrected chi connectivity index (χ1v) is 6.49. The number of halogens is 1. The van der Waals surface area contributed by atoms with Gasteiger partial charge in [-0.1, -0.05) is 12.1 Å². The molecule has 0 heterocycles. The van der Waals surface area contributed by atoms with E-state index in [1.807, 2.05) is 13.0 Å². The molecular formula is C14H20FN3O2. The molecule has 0 saturated carbocycles. The minimum Gasteiger partial charge on any atom is -0.469 e. The molecular weight excluding hydrogens is 261 g/mol. The highest BCUT2D eigenvalue weighted by Crippen LogP contribution is 2.04. The first-order chi connectivity index (χ1) is 9.65. The first-order valence-electron chi connectivity index (χ1n) is 6.49. The number of ether oxygens (including phenoxy) is 1. The lowest BCUT2D eigenvalue weighted by molar-refractivity contribution is -0.140. The fourth-order valence-corrected chi connectivity index (χ4v) is 1.53. The van der Waals surface area contributed by atoms with Gasteiger partial charge in [-0.2, -0.15) is 0 Å². The number of hydrogen-bond acceptors (Lipinski definition) is 3. The highest BCUT2D eigenvalue weighted by atomic mass is 19.1. The Morgan fingerprint density at radius 2 is 2.20 bits per heavy atom. The molecule has 6 heteroatoms. The number of esters is 1. The largest absolute Gasteiger partial charge is 0.469 e. The molecule has 0 aromatic heterocycles. The van der Waals surface area contributed by atoms with Gasteiger partial charge in [-0.25, -0.2) is 9.38 Å². The summed E-state index contributed by atoms with van der Waals surface area (Å²) in [5.74, 6) is 0.0282. The Kier molecular flexibility index (Phi) is 7.10. The molecule has 0 aliphatic heterocycles. The van der Waals surface area contributed by atoms with Crippen molar-refractivity contribution in [3.63, 3.8) is 0 Å². The third-order valence-electron chi connectivity index (χ3n) is 2.50. The summed E-state index contributed by atoms with van der Waals surface area (Å²) in [5.41, 5.74) is 0.787. The number of carbonyl (C=O) groups is 1. The molecule has 0 unspecified atom stereocenters. The van der Waals surface area contributed by atoms with E-state index >= 15 is 0 Å². The van der Waals surface area contributed by atoms with E-state index in [1.165, 1.54) is 19.2 Å². The Labute approximate surface area is 118 Å². The van der Waals surface area contributed by atoms with Gasteiger partial charge in [0.25, 0.3) is 0 Å². The number of nitrogens with zero attached hydrogens (tertiary/aromatic N) is 1. The molecule has 5 nitrogen and oxygen atoms in total. The lowest BCUT2D eigenvalue weighted by Crippen LogP contribution is -2.38. The predicted octanol–water partition coefficient (Wildman–Crippen LogP) is 1.44. The molecule has 110 valence electrons. The van der Waals surface area contributed by atoms with Crippen LogP contribution in [0.25, 0.3) is 0 Å². The molecule has 0 bridgehead atoms. The molecule has 0 spiro atoms. The summed E-state index contributed by atoms with van der Waals surface area (Å²) in [4.78, 5) is 15.3. The van der Waals surface area contributed by atoms with Gasteiger partial charge in [-0.3, -0.25) is 4.79 Å². The summed E-state index contributed by atoms with van der Waals surface area (Å²) in [6, 6.07) is 6.30. The maximum atomic E-state index is 13.0. The van der Waals surface area contributed by atoms with E-state index in [9.17, 15) is 9.18 Å². The normalized spacial score (nSPS) is 11.1. The van der Waals surface area contributed by atoms with Crippen LogP contribution in [0.5, 0.6) is 0 Å². The second-order valence-corrected chi connectivity index (χ2v) is 4.08. The predicted molar refractivity (Wildman–Crippen MR) is 75.9 cm³/mol. The number of benzene rings is 1. The molecule has 20 heavy (non-hydrogen) atoms. The van der Waals surface area contributed by atoms with Gasteiger partial charge >= 0.3 is 5.97 Å². The lowest BCUT2D eigenvalue weighted by Gasteiger charge is -2.10. The van der Waals surface area contributed by atoms with Gasteiger partial charge < -0.3 is 15.4 Å². The molecule has 1 aromatic rings. The molecule has 0 fully saturated rings. The van der Waals surface area contributed by atoms with E-state index < -0.39 is 0 Å². The number of aliphatic imine (C=N–C) groups is 1. The standard InChI is InChI=1S/C14H20FN3O2/c1-3-16-14(17-8-7-13(19)20-2)18-10-11-5-4-6-12(15)9-11/h4-6,9H,3,7-8,10H2,1-2H3,(H2,16,17,18). The van der Waals surface area contributed by atoms with Crippen LogP contribution in [0, 0.1) is 5.82 Å². The van der Waals surface area contributed by atoms with Crippen LogP contribution in [0.4, 0.5) is 4.39 Å². The quantitative estimate of drug-likeness (QED) is 0.470. The average Bonchev–Trinajstić information content (AvgIpc) is 2.44. The summed E-state index contributed by atoms with van der Waals surface area (Å²) < 4.78 is 17.6. The molecule has 0 amide bonds. The number of hydrogen-bond donors (Lipinski definition) is 2. The fourth-order valence-electron chi connectivity index (χ4n) is 1.53. The summed E-state index contributed by atoms with van der Waals surface area (Å²) >= 11 is 0. The van der Waals surface area contributed by atoms with Gasteiger partial charge in [0, 0.05) is 13.1 Å². The van der Waals surface area contributed by atoms with Crippen LogP contribution < -0.4 is 10.6 Å². The zero-order valence-electron chi connectivity index (χ0n) is 11.8. The summed E-state index contributed by atoms with van der Waals surface area (Å²) in [5, 5.41) is 6.07. The number of rotatable bonds is 6. The average molecular weight is 281 g/mol. The Balaban J connectivity index is 2.51. The molecule has 0 radical (unpaired) electrons. The third-order valence-corrected chi connectivity index (χ3v) is 2.50. The summed E-state index contributed by atoms with van der Waals surface area (Å²) in [7, 11) is 1.35. The van der Waals surface area contributed by atoms with Crippen LogP contribution in [-0.4, -0.2) is 32.1 Å². The van der Waals surface area contributed by atoms with Gasteiger partial charge in [0.2, 0.25) is 0 Å². The SMILES string of the molecule is CCNC(=NCc1cccc(F)c1)NCCC(=O)OC. The van der Waals surface area contributed by atoms with Crippen molar-refractivity contribution in [2.45, 2.75) is 19.9 Å². The topological polar surface area (TPSA) is 62.7 Å². The van der Waals surface area contributed by atoms with E-state index in [2.05, 4.69) is 20.4 Å². The Hall–Kier alpha value is -2.11. The highest BCUT2D eigenvalue weighted by molar-refractivity contribution is 5.80. The number of carbonyl (C=O) groups excluding carboxylic acids is 1. The molecule has 0 atom stereocenters. The van der Waals surface area contributed by atoms with Crippen LogP contribution in [-0.2, 0) is 16.1 Å². The molecule has 0 saturated heterocycles. The van der Waals surface area contributed by atoms with Crippen molar-refractivity contribution in [2.75, 3.05) is 20.2 Å². The van der Waals surface area contributed by atoms with Crippen molar-refractivity contribution < 1.29 is 13.9 Å². The van der Waals surface area contributed by atoms with Crippen molar-refractivity contribution >= 4 is 11.9 Å². The van der Waals surface area contributed by atoms with Gasteiger partial charge in [0.1, 0.15) is 5.82 Å². The van der Waals surface area contributed by atoms with Crippen molar-refractivity contribution in [1.29, 1.82) is 0 Å². The van der Waals surface area contributed by atoms with Crippen LogP contribution in [0.2, 0.25) is 0 Å². The van der Waals surface area contributed by atoms with Gasteiger partial charge in [-0.05, 0) is 24.6 Å². The third kappa shape index (κ3) is 6.17. The Bertz CT molecular complexity index is 463. The molecule has 1 rings (SSSR count). The number of guanidine groups is 1. The van der Waals surface area contributed by atoms with Crippen LogP contribution in [0.3, 0.4) is 0 Å². The number of methoxy groups -OCH3 is 1. The van der Waals surface area contributed by atoms with E-state index in [0.717, 1.165) is 5.56 Å². The lowest BCUT2D eigenvalue weighted by atomic mass is 10.2. The Morgan fingerprint density at radius 3 is 2.85 bits per heavy atom. The Morgan fingerprint density at radius 1 is 1.40 bits per heavy atom.